The molecule has 0 aromatic carbocycles. The second kappa shape index (κ2) is 11.4. The lowest BCUT2D eigenvalue weighted by atomic mass is 10.1. The molecular weight excluding hydrogens is 167 g/mol. The molecule has 1 atom stereocenters. The highest BCUT2D eigenvalue weighted by Gasteiger charge is 1.90. The van der Waals surface area contributed by atoms with E-state index in [1.54, 1.807) is 0 Å². The molecule has 0 heterocycles. The van der Waals surface area contributed by atoms with Crippen molar-refractivity contribution < 1.29 is 4.89 Å². The highest BCUT2D eigenvalue weighted by atomic mass is 31.1. The minimum absolute atomic E-state index is 0.170. The van der Waals surface area contributed by atoms with E-state index < -0.39 is 0 Å². The van der Waals surface area contributed by atoms with E-state index in [2.05, 4.69) is 6.92 Å². The molecule has 0 rings (SSSR count). The Balaban J connectivity index is 2.73. The van der Waals surface area contributed by atoms with Gasteiger partial charge in [0.15, 0.2) is 0 Å². The molecule has 0 fully saturated rings. The standard InChI is InChI=1S/C10H23OP/c1-2-3-4-5-6-7-8-9-10-12-11/h11-12H,2-10H2,1H3. The smallest absolute Gasteiger partial charge is 0.0107 e. The van der Waals surface area contributed by atoms with Crippen LogP contribution in [0.4, 0.5) is 0 Å². The lowest BCUT2D eigenvalue weighted by Gasteiger charge is -1.99. The third-order valence-corrected chi connectivity index (χ3v) is 2.72. The summed E-state index contributed by atoms with van der Waals surface area (Å²) in [5.41, 5.74) is 0. The zero-order valence-corrected chi connectivity index (χ0v) is 9.31. The molecular formula is C10H23OP. The largest absolute Gasteiger partial charge is 0.377 e. The Morgan fingerprint density at radius 2 is 1.33 bits per heavy atom. The van der Waals surface area contributed by atoms with Gasteiger partial charge in [0.1, 0.15) is 0 Å². The molecule has 0 bridgehead atoms. The van der Waals surface area contributed by atoms with Gasteiger partial charge in [0.05, 0.1) is 0 Å². The zero-order valence-electron chi connectivity index (χ0n) is 8.31. The van der Waals surface area contributed by atoms with Crippen molar-refractivity contribution in [2.24, 2.45) is 0 Å². The highest BCUT2D eigenvalue weighted by Crippen LogP contribution is 2.11. The Bertz CT molecular complexity index is 66.2. The first-order valence-corrected chi connectivity index (χ1v) is 6.44. The first kappa shape index (κ1) is 12.4. The summed E-state index contributed by atoms with van der Waals surface area (Å²) in [7, 11) is 0.170. The van der Waals surface area contributed by atoms with Gasteiger partial charge in [-0.25, -0.2) is 0 Å². The van der Waals surface area contributed by atoms with Crippen LogP contribution in [0.3, 0.4) is 0 Å². The third-order valence-electron chi connectivity index (χ3n) is 2.14. The summed E-state index contributed by atoms with van der Waals surface area (Å²) >= 11 is 0. The van der Waals surface area contributed by atoms with Crippen LogP contribution in [0.25, 0.3) is 0 Å². The molecule has 1 N–H and O–H groups in total. The molecule has 1 unspecified atom stereocenters. The Hall–Kier alpha value is 0.390. The van der Waals surface area contributed by atoms with E-state index in [4.69, 9.17) is 4.89 Å². The SMILES string of the molecule is CCCCCCCCCCPO. The van der Waals surface area contributed by atoms with Crippen molar-refractivity contribution in [1.82, 2.24) is 0 Å². The molecule has 0 aliphatic rings. The second-order valence-electron chi connectivity index (χ2n) is 3.38. The Morgan fingerprint density at radius 3 is 1.83 bits per heavy atom. The summed E-state index contributed by atoms with van der Waals surface area (Å²) in [6, 6.07) is 0. The van der Waals surface area contributed by atoms with E-state index in [9.17, 15) is 0 Å². The summed E-state index contributed by atoms with van der Waals surface area (Å²) < 4.78 is 0. The first-order valence-electron chi connectivity index (χ1n) is 5.28. The van der Waals surface area contributed by atoms with E-state index in [0.717, 1.165) is 6.16 Å². The van der Waals surface area contributed by atoms with Crippen LogP contribution in [0, 0.1) is 0 Å². The third kappa shape index (κ3) is 10.4. The number of hydrogen-bond acceptors (Lipinski definition) is 1. The molecule has 0 aliphatic carbocycles. The second-order valence-corrected chi connectivity index (χ2v) is 4.20. The molecule has 0 spiro atoms. The predicted octanol–water partition coefficient (Wildman–Crippen LogP) is 3.71. The van der Waals surface area contributed by atoms with Crippen LogP contribution in [-0.2, 0) is 0 Å². The molecule has 2 heteroatoms. The van der Waals surface area contributed by atoms with Crippen LogP contribution in [0.5, 0.6) is 0 Å². The van der Waals surface area contributed by atoms with Crippen molar-refractivity contribution in [2.75, 3.05) is 6.16 Å². The van der Waals surface area contributed by atoms with Gasteiger partial charge in [0.2, 0.25) is 0 Å². The van der Waals surface area contributed by atoms with Crippen LogP contribution in [0.15, 0.2) is 0 Å². The van der Waals surface area contributed by atoms with E-state index in [1.165, 1.54) is 51.4 Å². The minimum atomic E-state index is 0.170. The highest BCUT2D eigenvalue weighted by molar-refractivity contribution is 7.31. The number of hydrogen-bond donors (Lipinski definition) is 1. The van der Waals surface area contributed by atoms with Crippen LogP contribution in [0.2, 0.25) is 0 Å². The van der Waals surface area contributed by atoms with Crippen LogP contribution >= 0.6 is 8.81 Å². The van der Waals surface area contributed by atoms with Crippen molar-refractivity contribution in [3.8, 4) is 0 Å². The van der Waals surface area contributed by atoms with Crippen molar-refractivity contribution >= 4 is 8.81 Å². The molecule has 0 aromatic rings. The molecule has 1 nitrogen and oxygen atoms in total. The Morgan fingerprint density at radius 1 is 0.833 bits per heavy atom. The van der Waals surface area contributed by atoms with Gasteiger partial charge >= 0.3 is 0 Å². The van der Waals surface area contributed by atoms with Gasteiger partial charge in [-0.1, -0.05) is 51.9 Å². The maximum Gasteiger partial charge on any atom is 0.0107 e. The van der Waals surface area contributed by atoms with Crippen molar-refractivity contribution in [2.45, 2.75) is 58.3 Å². The lowest BCUT2D eigenvalue weighted by Crippen LogP contribution is -1.81. The van der Waals surface area contributed by atoms with Gasteiger partial charge in [0.25, 0.3) is 0 Å². The fraction of sp³-hybridized carbons (Fsp3) is 1.00. The van der Waals surface area contributed by atoms with Crippen molar-refractivity contribution in [3.05, 3.63) is 0 Å². The summed E-state index contributed by atoms with van der Waals surface area (Å²) in [5, 5.41) is 0. The van der Waals surface area contributed by atoms with Gasteiger partial charge in [-0.05, 0) is 12.6 Å². The fourth-order valence-electron chi connectivity index (χ4n) is 1.34. The molecule has 0 aromatic heterocycles. The van der Waals surface area contributed by atoms with Crippen molar-refractivity contribution in [1.29, 1.82) is 0 Å². The quantitative estimate of drug-likeness (QED) is 0.434. The van der Waals surface area contributed by atoms with Gasteiger partial charge in [-0.2, -0.15) is 0 Å². The molecule has 0 saturated carbocycles. The summed E-state index contributed by atoms with van der Waals surface area (Å²) in [5.74, 6) is 0. The predicted molar refractivity (Wildman–Crippen MR) is 58.0 cm³/mol. The van der Waals surface area contributed by atoms with E-state index in [1.807, 2.05) is 0 Å². The minimum Gasteiger partial charge on any atom is -0.377 e. The monoisotopic (exact) mass is 190 g/mol. The maximum atomic E-state index is 8.57. The first-order chi connectivity index (χ1) is 5.91. The molecule has 74 valence electrons. The summed E-state index contributed by atoms with van der Waals surface area (Å²) in [4.78, 5) is 8.57. The van der Waals surface area contributed by atoms with Gasteiger partial charge in [-0.15, -0.1) is 0 Å². The number of rotatable bonds is 9. The summed E-state index contributed by atoms with van der Waals surface area (Å²) in [6.45, 7) is 2.25. The topological polar surface area (TPSA) is 20.2 Å². The Kier molecular flexibility index (Phi) is 11.8. The fourth-order valence-corrected chi connectivity index (χ4v) is 1.75. The lowest BCUT2D eigenvalue weighted by molar-refractivity contribution is 0.581. The van der Waals surface area contributed by atoms with Gasteiger partial charge in [0, 0.05) is 8.81 Å². The number of unbranched alkanes of at least 4 members (excludes halogenated alkanes) is 7. The average Bonchev–Trinajstić information content (AvgIpc) is 2.10. The summed E-state index contributed by atoms with van der Waals surface area (Å²) in [6.07, 6.45) is 11.9. The van der Waals surface area contributed by atoms with E-state index in [0.29, 0.717) is 0 Å². The Labute approximate surface area is 78.8 Å². The van der Waals surface area contributed by atoms with Gasteiger partial charge < -0.3 is 4.89 Å². The molecule has 0 aliphatic heterocycles. The van der Waals surface area contributed by atoms with E-state index >= 15 is 0 Å². The van der Waals surface area contributed by atoms with Gasteiger partial charge in [-0.3, -0.25) is 0 Å². The van der Waals surface area contributed by atoms with Crippen molar-refractivity contribution in [3.63, 3.8) is 0 Å². The van der Waals surface area contributed by atoms with E-state index in [-0.39, 0.29) is 8.81 Å². The molecule has 0 amide bonds. The average molecular weight is 190 g/mol. The van der Waals surface area contributed by atoms with Crippen LogP contribution in [-0.4, -0.2) is 11.1 Å². The van der Waals surface area contributed by atoms with Crippen LogP contribution < -0.4 is 0 Å². The van der Waals surface area contributed by atoms with Crippen LogP contribution in [0.1, 0.15) is 58.3 Å². The molecule has 0 saturated heterocycles. The maximum absolute atomic E-state index is 8.57. The zero-order chi connectivity index (χ0) is 9.07. The normalized spacial score (nSPS) is 11.5. The molecule has 0 radical (unpaired) electrons. The molecule has 12 heavy (non-hydrogen) atoms.